The van der Waals surface area contributed by atoms with Gasteiger partial charge in [0.1, 0.15) is 0 Å². The van der Waals surface area contributed by atoms with Gasteiger partial charge in [0.05, 0.1) is 0 Å². The van der Waals surface area contributed by atoms with Crippen LogP contribution >= 0.6 is 34.2 Å². The second-order valence-corrected chi connectivity index (χ2v) is 6.25. The quantitative estimate of drug-likeness (QED) is 0.755. The molecular formula is C16H17ClIN. The molecule has 0 aliphatic rings. The van der Waals surface area contributed by atoms with E-state index in [1.54, 1.807) is 0 Å². The van der Waals surface area contributed by atoms with Crippen LogP contribution in [-0.2, 0) is 12.8 Å². The smallest absolute Gasteiger partial charge is 0.0410 e. The first-order valence-electron chi connectivity index (χ1n) is 6.38. The molecule has 2 N–H and O–H groups in total. The molecule has 0 saturated carbocycles. The molecule has 0 heterocycles. The summed E-state index contributed by atoms with van der Waals surface area (Å²) in [5.74, 6) is 0. The summed E-state index contributed by atoms with van der Waals surface area (Å²) in [4.78, 5) is 0. The van der Waals surface area contributed by atoms with Crippen LogP contribution in [0, 0.1) is 3.57 Å². The van der Waals surface area contributed by atoms with E-state index in [0.29, 0.717) is 0 Å². The van der Waals surface area contributed by atoms with Crippen molar-refractivity contribution in [3.05, 3.63) is 67.7 Å². The number of aryl methyl sites for hydroxylation is 1. The molecule has 0 aromatic heterocycles. The second kappa shape index (κ2) is 6.73. The van der Waals surface area contributed by atoms with Crippen LogP contribution in [0.3, 0.4) is 0 Å². The van der Waals surface area contributed by atoms with Crippen molar-refractivity contribution in [2.24, 2.45) is 5.73 Å². The van der Waals surface area contributed by atoms with E-state index in [4.69, 9.17) is 17.3 Å². The number of nitrogens with two attached hydrogens (primary N) is 1. The molecule has 2 aromatic rings. The highest BCUT2D eigenvalue weighted by Crippen LogP contribution is 2.25. The summed E-state index contributed by atoms with van der Waals surface area (Å²) < 4.78 is 1.17. The van der Waals surface area contributed by atoms with Crippen molar-refractivity contribution >= 4 is 34.2 Å². The van der Waals surface area contributed by atoms with E-state index in [1.165, 1.54) is 14.7 Å². The molecule has 0 spiro atoms. The molecule has 0 aliphatic heterocycles. The monoisotopic (exact) mass is 385 g/mol. The first-order valence-corrected chi connectivity index (χ1v) is 7.84. The maximum Gasteiger partial charge on any atom is 0.0410 e. The Morgan fingerprint density at radius 3 is 2.37 bits per heavy atom. The first-order chi connectivity index (χ1) is 9.10. The molecular weight excluding hydrogens is 369 g/mol. The summed E-state index contributed by atoms with van der Waals surface area (Å²) >= 11 is 8.35. The normalized spacial score (nSPS) is 12.4. The van der Waals surface area contributed by atoms with E-state index >= 15 is 0 Å². The van der Waals surface area contributed by atoms with Gasteiger partial charge in [0.25, 0.3) is 0 Å². The molecule has 3 heteroatoms. The molecule has 0 aliphatic carbocycles. The number of rotatable bonds is 4. The Morgan fingerprint density at radius 1 is 1.11 bits per heavy atom. The Labute approximate surface area is 133 Å². The lowest BCUT2D eigenvalue weighted by Crippen LogP contribution is -2.14. The molecule has 100 valence electrons. The van der Waals surface area contributed by atoms with Gasteiger partial charge in [-0.2, -0.15) is 0 Å². The highest BCUT2D eigenvalue weighted by Gasteiger charge is 2.11. The van der Waals surface area contributed by atoms with Crippen molar-refractivity contribution in [2.45, 2.75) is 25.8 Å². The van der Waals surface area contributed by atoms with Gasteiger partial charge in [-0.3, -0.25) is 0 Å². The molecule has 0 fully saturated rings. The fourth-order valence-corrected chi connectivity index (χ4v) is 2.99. The van der Waals surface area contributed by atoms with Crippen LogP contribution in [0.4, 0.5) is 0 Å². The highest BCUT2D eigenvalue weighted by molar-refractivity contribution is 14.1. The Balaban J connectivity index is 2.15. The van der Waals surface area contributed by atoms with Crippen molar-refractivity contribution in [2.75, 3.05) is 0 Å². The number of halogens is 2. The average Bonchev–Trinajstić information content (AvgIpc) is 2.42. The summed E-state index contributed by atoms with van der Waals surface area (Å²) in [6, 6.07) is 14.5. The molecule has 1 unspecified atom stereocenters. The van der Waals surface area contributed by atoms with Crippen LogP contribution in [-0.4, -0.2) is 0 Å². The minimum atomic E-state index is -0.0157. The minimum absolute atomic E-state index is 0.0157. The lowest BCUT2D eigenvalue weighted by Gasteiger charge is -2.14. The van der Waals surface area contributed by atoms with Crippen molar-refractivity contribution < 1.29 is 0 Å². The fraction of sp³-hybridized carbons (Fsp3) is 0.250. The van der Waals surface area contributed by atoms with Crippen molar-refractivity contribution in [1.29, 1.82) is 0 Å². The standard InChI is InChI=1S/C16H17ClIN/c1-2-11-3-5-12(6-4-11)9-16(19)14-10-13(17)7-8-15(14)18/h3-8,10,16H,2,9,19H2,1H3. The largest absolute Gasteiger partial charge is 0.324 e. The number of benzene rings is 2. The van der Waals surface area contributed by atoms with E-state index in [2.05, 4.69) is 53.8 Å². The van der Waals surface area contributed by atoms with Crippen molar-refractivity contribution in [1.82, 2.24) is 0 Å². The zero-order valence-electron chi connectivity index (χ0n) is 10.9. The van der Waals surface area contributed by atoms with Gasteiger partial charge in [-0.15, -0.1) is 0 Å². The Hall–Kier alpha value is -0.580. The third-order valence-electron chi connectivity index (χ3n) is 3.24. The fourth-order valence-electron chi connectivity index (χ4n) is 2.07. The molecule has 0 amide bonds. The van der Waals surface area contributed by atoms with Gasteiger partial charge in [-0.1, -0.05) is 42.8 Å². The lowest BCUT2D eigenvalue weighted by molar-refractivity contribution is 0.718. The van der Waals surface area contributed by atoms with Crippen LogP contribution in [0.5, 0.6) is 0 Å². The lowest BCUT2D eigenvalue weighted by atomic mass is 9.98. The molecule has 1 nitrogen and oxygen atoms in total. The summed E-state index contributed by atoms with van der Waals surface area (Å²) in [6.07, 6.45) is 1.90. The van der Waals surface area contributed by atoms with Crippen LogP contribution in [0.2, 0.25) is 5.02 Å². The SMILES string of the molecule is CCc1ccc(CC(N)c2cc(Cl)ccc2I)cc1. The zero-order valence-corrected chi connectivity index (χ0v) is 13.8. The summed E-state index contributed by atoms with van der Waals surface area (Å²) in [7, 11) is 0. The Kier molecular flexibility index (Phi) is 5.25. The predicted molar refractivity (Wildman–Crippen MR) is 90.6 cm³/mol. The van der Waals surface area contributed by atoms with Crippen molar-refractivity contribution in [3.8, 4) is 0 Å². The molecule has 0 radical (unpaired) electrons. The second-order valence-electron chi connectivity index (χ2n) is 4.65. The zero-order chi connectivity index (χ0) is 13.8. The molecule has 0 bridgehead atoms. The van der Waals surface area contributed by atoms with E-state index < -0.39 is 0 Å². The third kappa shape index (κ3) is 3.94. The Bertz CT molecular complexity index is 551. The average molecular weight is 386 g/mol. The maximum absolute atomic E-state index is 6.30. The molecule has 2 rings (SSSR count). The van der Waals surface area contributed by atoms with E-state index in [0.717, 1.165) is 23.4 Å². The van der Waals surface area contributed by atoms with Gasteiger partial charge >= 0.3 is 0 Å². The van der Waals surface area contributed by atoms with Crippen LogP contribution in [0.1, 0.15) is 29.7 Å². The van der Waals surface area contributed by atoms with Gasteiger partial charge < -0.3 is 5.73 Å². The van der Waals surface area contributed by atoms with E-state index in [1.807, 2.05) is 18.2 Å². The molecule has 19 heavy (non-hydrogen) atoms. The molecule has 1 atom stereocenters. The van der Waals surface area contributed by atoms with Gasteiger partial charge in [-0.05, 0) is 70.3 Å². The van der Waals surface area contributed by atoms with Gasteiger partial charge in [-0.25, -0.2) is 0 Å². The van der Waals surface area contributed by atoms with Crippen LogP contribution in [0.25, 0.3) is 0 Å². The summed E-state index contributed by atoms with van der Waals surface area (Å²) in [5.41, 5.74) is 10.0. The highest BCUT2D eigenvalue weighted by atomic mass is 127. The Morgan fingerprint density at radius 2 is 1.74 bits per heavy atom. The topological polar surface area (TPSA) is 26.0 Å². The minimum Gasteiger partial charge on any atom is -0.324 e. The summed E-state index contributed by atoms with van der Waals surface area (Å²) in [5, 5.41) is 0.743. The van der Waals surface area contributed by atoms with E-state index in [9.17, 15) is 0 Å². The van der Waals surface area contributed by atoms with Gasteiger partial charge in [0.15, 0.2) is 0 Å². The summed E-state index contributed by atoms with van der Waals surface area (Å²) in [6.45, 7) is 2.16. The maximum atomic E-state index is 6.30. The van der Waals surface area contributed by atoms with Gasteiger partial charge in [0, 0.05) is 14.6 Å². The van der Waals surface area contributed by atoms with Crippen molar-refractivity contribution in [3.63, 3.8) is 0 Å². The molecule has 0 saturated heterocycles. The third-order valence-corrected chi connectivity index (χ3v) is 4.46. The van der Waals surface area contributed by atoms with Gasteiger partial charge in [0.2, 0.25) is 0 Å². The van der Waals surface area contributed by atoms with Crippen LogP contribution < -0.4 is 5.73 Å². The molecule has 2 aromatic carbocycles. The predicted octanol–water partition coefficient (Wildman–Crippen LogP) is 4.75. The number of hydrogen-bond acceptors (Lipinski definition) is 1. The first kappa shape index (κ1) is 14.8. The van der Waals surface area contributed by atoms with Crippen LogP contribution in [0.15, 0.2) is 42.5 Å². The number of hydrogen-bond donors (Lipinski definition) is 1. The van der Waals surface area contributed by atoms with E-state index in [-0.39, 0.29) is 6.04 Å².